The Hall–Kier alpha value is -3.26. The molecule has 0 unspecified atom stereocenters. The molecular weight excluding hydrogens is 440 g/mol. The van der Waals surface area contributed by atoms with Gasteiger partial charge < -0.3 is 8.83 Å². The highest BCUT2D eigenvalue weighted by Crippen LogP contribution is 2.37. The summed E-state index contributed by atoms with van der Waals surface area (Å²) in [7, 11) is 0. The van der Waals surface area contributed by atoms with Gasteiger partial charge in [-0.15, -0.1) is 0 Å². The number of benzene rings is 4. The van der Waals surface area contributed by atoms with E-state index < -0.39 is 0 Å². The van der Waals surface area contributed by atoms with Crippen LogP contribution < -0.4 is 0 Å². The van der Waals surface area contributed by atoms with E-state index in [0.29, 0.717) is 0 Å². The Morgan fingerprint density at radius 3 is 1.61 bits per heavy atom. The number of hydrogen-bond donors (Lipinski definition) is 0. The Morgan fingerprint density at radius 1 is 0.472 bits per heavy atom. The third-order valence-electron chi connectivity index (χ3n) is 7.95. The van der Waals surface area contributed by atoms with Gasteiger partial charge >= 0.3 is 0 Å². The lowest BCUT2D eigenvalue weighted by Gasteiger charge is -2.08. The maximum Gasteiger partial charge on any atom is 0.134 e. The van der Waals surface area contributed by atoms with Crippen molar-refractivity contribution in [1.82, 2.24) is 0 Å². The second-order valence-corrected chi connectivity index (χ2v) is 10.4. The largest absolute Gasteiger partial charge is 0.464 e. The van der Waals surface area contributed by atoms with Crippen LogP contribution in [0.25, 0.3) is 54.3 Å². The fourth-order valence-electron chi connectivity index (χ4n) is 5.97. The molecule has 0 radical (unpaired) electrons. The van der Waals surface area contributed by atoms with Gasteiger partial charge in [0.2, 0.25) is 0 Å². The van der Waals surface area contributed by atoms with Crippen LogP contribution in [0.2, 0.25) is 0 Å². The summed E-state index contributed by atoms with van der Waals surface area (Å²) in [6.45, 7) is 2.28. The first-order valence-electron chi connectivity index (χ1n) is 14.0. The molecule has 0 saturated heterocycles. The van der Waals surface area contributed by atoms with E-state index in [0.717, 1.165) is 23.3 Å². The zero-order chi connectivity index (χ0) is 24.3. The number of hydrogen-bond acceptors (Lipinski definition) is 2. The Balaban J connectivity index is 1.18. The number of unbranched alkanes of at least 4 members (excludes halogenated alkanes) is 9. The van der Waals surface area contributed by atoms with Crippen LogP contribution in [-0.2, 0) is 6.42 Å². The summed E-state index contributed by atoms with van der Waals surface area (Å²) >= 11 is 0. The molecule has 36 heavy (non-hydrogen) atoms. The third kappa shape index (κ3) is 4.39. The molecule has 0 spiro atoms. The minimum atomic E-state index is 0.942. The van der Waals surface area contributed by atoms with E-state index in [4.69, 9.17) is 8.83 Å². The lowest BCUT2D eigenvalue weighted by molar-refractivity contribution is 0.515. The molecule has 2 aromatic heterocycles. The van der Waals surface area contributed by atoms with Crippen molar-refractivity contribution in [1.29, 1.82) is 0 Å². The molecule has 0 saturated carbocycles. The summed E-state index contributed by atoms with van der Waals surface area (Å²) in [6, 6.07) is 22.1. The molecule has 184 valence electrons. The van der Waals surface area contributed by atoms with E-state index in [1.54, 1.807) is 6.26 Å². The van der Waals surface area contributed by atoms with Gasteiger partial charge in [-0.2, -0.15) is 0 Å². The number of fused-ring (bicyclic) bond motifs is 9. The van der Waals surface area contributed by atoms with Crippen molar-refractivity contribution < 1.29 is 8.83 Å². The van der Waals surface area contributed by atoms with Crippen molar-refractivity contribution in [2.24, 2.45) is 0 Å². The second kappa shape index (κ2) is 10.4. The van der Waals surface area contributed by atoms with E-state index in [1.165, 1.54) is 107 Å². The third-order valence-corrected chi connectivity index (χ3v) is 7.95. The molecule has 4 aromatic carbocycles. The van der Waals surface area contributed by atoms with Crippen LogP contribution in [0.3, 0.4) is 0 Å². The normalized spacial score (nSPS) is 12.1. The first kappa shape index (κ1) is 23.2. The predicted molar refractivity (Wildman–Crippen MR) is 154 cm³/mol. The van der Waals surface area contributed by atoms with Crippen molar-refractivity contribution in [2.75, 3.05) is 0 Å². The average Bonchev–Trinajstić information content (AvgIpc) is 3.56. The van der Waals surface area contributed by atoms with E-state index in [1.807, 2.05) is 0 Å². The minimum absolute atomic E-state index is 0.942. The molecule has 2 heteroatoms. The number of rotatable bonds is 11. The van der Waals surface area contributed by atoms with Crippen molar-refractivity contribution in [3.05, 3.63) is 72.7 Å². The van der Waals surface area contributed by atoms with Crippen LogP contribution in [0.1, 0.15) is 76.9 Å². The van der Waals surface area contributed by atoms with Crippen molar-refractivity contribution >= 4 is 54.3 Å². The number of aryl methyl sites for hydroxylation is 1. The van der Waals surface area contributed by atoms with Crippen LogP contribution in [0.5, 0.6) is 0 Å². The maximum atomic E-state index is 6.27. The van der Waals surface area contributed by atoms with Gasteiger partial charge in [0.05, 0.1) is 6.26 Å². The van der Waals surface area contributed by atoms with Crippen LogP contribution in [0, 0.1) is 0 Å². The Morgan fingerprint density at radius 2 is 0.972 bits per heavy atom. The van der Waals surface area contributed by atoms with Gasteiger partial charge in [0.25, 0.3) is 0 Å². The first-order valence-corrected chi connectivity index (χ1v) is 14.0. The smallest absolute Gasteiger partial charge is 0.134 e. The lowest BCUT2D eigenvalue weighted by Crippen LogP contribution is -1.84. The highest BCUT2D eigenvalue weighted by atomic mass is 16.3. The second-order valence-electron chi connectivity index (χ2n) is 10.4. The van der Waals surface area contributed by atoms with Gasteiger partial charge in [0.15, 0.2) is 0 Å². The summed E-state index contributed by atoms with van der Waals surface area (Å²) < 4.78 is 11.9. The van der Waals surface area contributed by atoms with E-state index in [2.05, 4.69) is 67.6 Å². The van der Waals surface area contributed by atoms with E-state index in [9.17, 15) is 0 Å². The van der Waals surface area contributed by atoms with Crippen LogP contribution in [0.15, 0.2) is 75.8 Å². The maximum absolute atomic E-state index is 6.27. The molecular formula is C34H36O2. The van der Waals surface area contributed by atoms with Crippen LogP contribution >= 0.6 is 0 Å². The molecule has 0 amide bonds. The minimum Gasteiger partial charge on any atom is -0.464 e. The highest BCUT2D eigenvalue weighted by molar-refractivity contribution is 6.24. The molecule has 0 fully saturated rings. The molecule has 6 rings (SSSR count). The summed E-state index contributed by atoms with van der Waals surface area (Å²) in [5.74, 6) is 1.12. The lowest BCUT2D eigenvalue weighted by atomic mass is 9.95. The fourth-order valence-corrected chi connectivity index (χ4v) is 5.97. The zero-order valence-corrected chi connectivity index (χ0v) is 21.4. The molecule has 0 atom stereocenters. The SMILES string of the molecule is CCCCCCCCCCCCc1cc2c(ccc3c2ccc2c4ccc5occc5c4ccc32)o1. The fraction of sp³-hybridized carbons (Fsp3) is 0.353. The summed E-state index contributed by atoms with van der Waals surface area (Å²) in [5, 5.41) is 10.1. The quantitative estimate of drug-likeness (QED) is 0.137. The Kier molecular flexibility index (Phi) is 6.68. The van der Waals surface area contributed by atoms with Gasteiger partial charge in [0, 0.05) is 17.2 Å². The van der Waals surface area contributed by atoms with Gasteiger partial charge in [-0.25, -0.2) is 0 Å². The molecule has 0 aliphatic rings. The zero-order valence-electron chi connectivity index (χ0n) is 21.4. The van der Waals surface area contributed by atoms with Crippen molar-refractivity contribution in [2.45, 2.75) is 77.6 Å². The molecule has 0 aliphatic carbocycles. The number of furan rings is 2. The van der Waals surface area contributed by atoms with Crippen LogP contribution in [0.4, 0.5) is 0 Å². The molecule has 6 aromatic rings. The molecule has 2 nitrogen and oxygen atoms in total. The van der Waals surface area contributed by atoms with Gasteiger partial charge in [0.1, 0.15) is 16.9 Å². The van der Waals surface area contributed by atoms with Gasteiger partial charge in [-0.05, 0) is 63.0 Å². The molecule has 2 heterocycles. The standard InChI is InChI=1S/C34H36O2/c1-2-3-4-5-6-7-8-9-10-11-12-24-23-32-30-16-14-25-26(28(30)18-20-34(32)36-24)13-15-29-27(25)17-19-33-31(29)21-22-35-33/h13-23H,2-12H2,1H3. The average molecular weight is 477 g/mol. The Bertz CT molecular complexity index is 1630. The molecule has 0 bridgehead atoms. The van der Waals surface area contributed by atoms with E-state index >= 15 is 0 Å². The highest BCUT2D eigenvalue weighted by Gasteiger charge is 2.12. The Labute approximate surface area is 213 Å². The van der Waals surface area contributed by atoms with Gasteiger partial charge in [-0.3, -0.25) is 0 Å². The summed E-state index contributed by atoms with van der Waals surface area (Å²) in [6.07, 6.45) is 16.4. The van der Waals surface area contributed by atoms with E-state index in [-0.39, 0.29) is 0 Å². The van der Waals surface area contributed by atoms with Crippen molar-refractivity contribution in [3.8, 4) is 0 Å². The predicted octanol–water partition coefficient (Wildman–Crippen LogP) is 11.1. The van der Waals surface area contributed by atoms with Crippen molar-refractivity contribution in [3.63, 3.8) is 0 Å². The monoisotopic (exact) mass is 476 g/mol. The summed E-state index contributed by atoms with van der Waals surface area (Å²) in [5.41, 5.74) is 1.95. The molecule has 0 N–H and O–H groups in total. The topological polar surface area (TPSA) is 26.3 Å². The summed E-state index contributed by atoms with van der Waals surface area (Å²) in [4.78, 5) is 0. The van der Waals surface area contributed by atoms with Gasteiger partial charge in [-0.1, -0.05) is 101 Å². The van der Waals surface area contributed by atoms with Crippen LogP contribution in [-0.4, -0.2) is 0 Å². The first-order chi connectivity index (χ1) is 17.8. The molecule has 0 aliphatic heterocycles.